The molecule has 0 heterocycles. The molecule has 1 aromatic carbocycles. The van der Waals surface area contributed by atoms with E-state index in [0.717, 1.165) is 13.1 Å². The smallest absolute Gasteiger partial charge is 0.0695 e. The number of aliphatic hydroxyl groups excluding tert-OH is 1. The van der Waals surface area contributed by atoms with Crippen molar-refractivity contribution in [1.29, 1.82) is 0 Å². The molecule has 1 fully saturated rings. The molecule has 1 unspecified atom stereocenters. The van der Waals surface area contributed by atoms with E-state index in [1.54, 1.807) is 0 Å². The zero-order chi connectivity index (χ0) is 13.1. The Kier molecular flexibility index (Phi) is 4.25. The monoisotopic (exact) mass is 248 g/mol. The van der Waals surface area contributed by atoms with Crippen molar-refractivity contribution in [2.45, 2.75) is 25.5 Å². The van der Waals surface area contributed by atoms with Crippen molar-refractivity contribution in [3.05, 3.63) is 29.8 Å². The number of hydrogen-bond donors (Lipinski definition) is 1. The third-order valence-electron chi connectivity index (χ3n) is 3.58. The van der Waals surface area contributed by atoms with Gasteiger partial charge in [0.25, 0.3) is 0 Å². The topological polar surface area (TPSA) is 26.7 Å². The summed E-state index contributed by atoms with van der Waals surface area (Å²) in [6.45, 7) is 1.66. The number of para-hydroxylation sites is 1. The van der Waals surface area contributed by atoms with E-state index in [-0.39, 0.29) is 6.10 Å². The molecule has 100 valence electrons. The predicted octanol–water partition coefficient (Wildman–Crippen LogP) is 1.96. The lowest BCUT2D eigenvalue weighted by atomic mass is 10.1. The molecule has 0 spiro atoms. The first kappa shape index (κ1) is 13.4. The number of likely N-dealkylation sites (N-methyl/N-ethyl adjacent to an activating group) is 1. The van der Waals surface area contributed by atoms with Crippen molar-refractivity contribution in [3.8, 4) is 0 Å². The lowest BCUT2D eigenvalue weighted by molar-refractivity contribution is 0.104. The summed E-state index contributed by atoms with van der Waals surface area (Å²) in [5.74, 6) is 0.552. The molecule has 0 radical (unpaired) electrons. The van der Waals surface area contributed by atoms with Crippen molar-refractivity contribution in [2.24, 2.45) is 5.92 Å². The number of hydrogen-bond acceptors (Lipinski definition) is 3. The van der Waals surface area contributed by atoms with Gasteiger partial charge in [0.15, 0.2) is 0 Å². The van der Waals surface area contributed by atoms with Crippen LogP contribution in [0.25, 0.3) is 0 Å². The van der Waals surface area contributed by atoms with Crippen molar-refractivity contribution in [2.75, 3.05) is 32.6 Å². The fraction of sp³-hybridized carbons (Fsp3) is 0.600. The molecule has 1 aliphatic rings. The van der Waals surface area contributed by atoms with Gasteiger partial charge < -0.3 is 10.0 Å². The van der Waals surface area contributed by atoms with Crippen LogP contribution in [0.15, 0.2) is 24.3 Å². The van der Waals surface area contributed by atoms with Gasteiger partial charge in [-0.15, -0.1) is 0 Å². The molecule has 1 N–H and O–H groups in total. The first-order valence-corrected chi connectivity index (χ1v) is 6.69. The second-order valence-corrected chi connectivity index (χ2v) is 5.62. The van der Waals surface area contributed by atoms with Crippen LogP contribution in [0.3, 0.4) is 0 Å². The Bertz CT molecular complexity index is 388. The average molecular weight is 248 g/mol. The molecule has 1 aromatic rings. The van der Waals surface area contributed by atoms with Crippen LogP contribution >= 0.6 is 0 Å². The maximum Gasteiger partial charge on any atom is 0.0695 e. The zero-order valence-electron chi connectivity index (χ0n) is 11.6. The summed E-state index contributed by atoms with van der Waals surface area (Å²) in [6.07, 6.45) is 2.24. The normalized spacial score (nSPS) is 16.9. The largest absolute Gasteiger partial charge is 0.392 e. The van der Waals surface area contributed by atoms with E-state index in [1.165, 1.54) is 24.1 Å². The maximum atomic E-state index is 9.96. The van der Waals surface area contributed by atoms with Crippen LogP contribution in [0.2, 0.25) is 0 Å². The van der Waals surface area contributed by atoms with Crippen LogP contribution < -0.4 is 4.90 Å². The van der Waals surface area contributed by atoms with Gasteiger partial charge in [0, 0.05) is 32.9 Å². The summed E-state index contributed by atoms with van der Waals surface area (Å²) in [7, 11) is 6.22. The van der Waals surface area contributed by atoms with Crippen LogP contribution in [-0.4, -0.2) is 43.8 Å². The van der Waals surface area contributed by atoms with Gasteiger partial charge in [-0.25, -0.2) is 0 Å². The summed E-state index contributed by atoms with van der Waals surface area (Å²) in [5.41, 5.74) is 2.57. The minimum atomic E-state index is -0.151. The molecule has 1 atom stereocenters. The molecule has 0 aromatic heterocycles. The third kappa shape index (κ3) is 3.47. The summed E-state index contributed by atoms with van der Waals surface area (Å²) < 4.78 is 0. The minimum Gasteiger partial charge on any atom is -0.392 e. The van der Waals surface area contributed by atoms with Crippen LogP contribution in [-0.2, 0) is 6.54 Å². The molecule has 3 heteroatoms. The van der Waals surface area contributed by atoms with Gasteiger partial charge in [0.1, 0.15) is 0 Å². The van der Waals surface area contributed by atoms with Gasteiger partial charge in [-0.05, 0) is 37.4 Å². The zero-order valence-corrected chi connectivity index (χ0v) is 11.6. The second kappa shape index (κ2) is 5.72. The molecule has 1 saturated carbocycles. The average Bonchev–Trinajstić information content (AvgIpc) is 3.12. The molecular formula is C15H24N2O. The molecular weight excluding hydrogens is 224 g/mol. The van der Waals surface area contributed by atoms with E-state index in [4.69, 9.17) is 0 Å². The van der Waals surface area contributed by atoms with E-state index in [1.807, 2.05) is 0 Å². The van der Waals surface area contributed by atoms with Crippen LogP contribution in [0.4, 0.5) is 5.69 Å². The molecule has 0 amide bonds. The first-order chi connectivity index (χ1) is 8.58. The maximum absolute atomic E-state index is 9.96. The Labute approximate surface area is 110 Å². The highest BCUT2D eigenvalue weighted by Crippen LogP contribution is 2.33. The van der Waals surface area contributed by atoms with Crippen LogP contribution in [0.1, 0.15) is 18.4 Å². The van der Waals surface area contributed by atoms with Crippen LogP contribution in [0.5, 0.6) is 0 Å². The SMILES string of the molecule is CN(Cc1ccccc1N(C)C)CC(O)C1CC1. The highest BCUT2D eigenvalue weighted by molar-refractivity contribution is 5.52. The second-order valence-electron chi connectivity index (χ2n) is 5.62. The number of nitrogens with zero attached hydrogens (tertiary/aromatic N) is 2. The van der Waals surface area contributed by atoms with Crippen LogP contribution in [0, 0.1) is 5.92 Å². The van der Waals surface area contributed by atoms with Crippen molar-refractivity contribution >= 4 is 5.69 Å². The number of rotatable bonds is 6. The van der Waals surface area contributed by atoms with E-state index < -0.39 is 0 Å². The van der Waals surface area contributed by atoms with Crippen molar-refractivity contribution < 1.29 is 5.11 Å². The van der Waals surface area contributed by atoms with Gasteiger partial charge in [0.05, 0.1) is 6.10 Å². The Morgan fingerprint density at radius 1 is 1.22 bits per heavy atom. The lowest BCUT2D eigenvalue weighted by Crippen LogP contribution is -2.30. The molecule has 0 aliphatic heterocycles. The fourth-order valence-electron chi connectivity index (χ4n) is 2.39. The molecule has 0 bridgehead atoms. The number of anilines is 1. The van der Waals surface area contributed by atoms with Gasteiger partial charge in [-0.3, -0.25) is 4.90 Å². The number of benzene rings is 1. The highest BCUT2D eigenvalue weighted by Gasteiger charge is 2.30. The summed E-state index contributed by atoms with van der Waals surface area (Å²) in [5, 5.41) is 9.96. The minimum absolute atomic E-state index is 0.151. The lowest BCUT2D eigenvalue weighted by Gasteiger charge is -2.24. The molecule has 3 nitrogen and oxygen atoms in total. The number of aliphatic hydroxyl groups is 1. The van der Waals surface area contributed by atoms with E-state index in [9.17, 15) is 5.11 Å². The van der Waals surface area contributed by atoms with E-state index in [2.05, 4.69) is 55.2 Å². The Morgan fingerprint density at radius 2 is 1.89 bits per heavy atom. The molecule has 2 rings (SSSR count). The summed E-state index contributed by atoms with van der Waals surface area (Å²) >= 11 is 0. The van der Waals surface area contributed by atoms with Crippen molar-refractivity contribution in [1.82, 2.24) is 4.90 Å². The molecule has 0 saturated heterocycles. The molecule has 18 heavy (non-hydrogen) atoms. The summed E-state index contributed by atoms with van der Waals surface area (Å²) in [6, 6.07) is 8.45. The third-order valence-corrected chi connectivity index (χ3v) is 3.58. The van der Waals surface area contributed by atoms with Crippen molar-refractivity contribution in [3.63, 3.8) is 0 Å². The fourth-order valence-corrected chi connectivity index (χ4v) is 2.39. The Balaban J connectivity index is 1.95. The van der Waals surface area contributed by atoms with Gasteiger partial charge >= 0.3 is 0 Å². The first-order valence-electron chi connectivity index (χ1n) is 6.69. The Morgan fingerprint density at radius 3 is 2.50 bits per heavy atom. The van der Waals surface area contributed by atoms with E-state index >= 15 is 0 Å². The molecule has 1 aliphatic carbocycles. The highest BCUT2D eigenvalue weighted by atomic mass is 16.3. The Hall–Kier alpha value is -1.06. The van der Waals surface area contributed by atoms with Gasteiger partial charge in [0.2, 0.25) is 0 Å². The summed E-state index contributed by atoms with van der Waals surface area (Å²) in [4.78, 5) is 4.35. The van der Waals surface area contributed by atoms with E-state index in [0.29, 0.717) is 5.92 Å². The van der Waals surface area contributed by atoms with Gasteiger partial charge in [-0.1, -0.05) is 18.2 Å². The van der Waals surface area contributed by atoms with Gasteiger partial charge in [-0.2, -0.15) is 0 Å². The predicted molar refractivity (Wildman–Crippen MR) is 75.8 cm³/mol. The standard InChI is InChI=1S/C15H24N2O/c1-16(2)14-7-5-4-6-13(14)10-17(3)11-15(18)12-8-9-12/h4-7,12,15,18H,8-11H2,1-3H3. The quantitative estimate of drug-likeness (QED) is 0.833.